The van der Waals surface area contributed by atoms with Gasteiger partial charge in [-0.15, -0.1) is 11.8 Å². The van der Waals surface area contributed by atoms with Gasteiger partial charge in [0.1, 0.15) is 0 Å². The maximum absolute atomic E-state index is 12.8. The van der Waals surface area contributed by atoms with Crippen LogP contribution in [0.3, 0.4) is 0 Å². The van der Waals surface area contributed by atoms with E-state index in [2.05, 4.69) is 5.32 Å². The van der Waals surface area contributed by atoms with Gasteiger partial charge < -0.3 is 10.1 Å². The molecule has 0 saturated heterocycles. The van der Waals surface area contributed by atoms with Crippen LogP contribution in [0.5, 0.6) is 0 Å². The average molecular weight is 420 g/mol. The molecule has 3 rings (SSSR count). The summed E-state index contributed by atoms with van der Waals surface area (Å²) < 4.78 is 5.15. The van der Waals surface area contributed by atoms with Crippen molar-refractivity contribution in [2.75, 3.05) is 18.2 Å². The van der Waals surface area contributed by atoms with Crippen molar-refractivity contribution in [3.63, 3.8) is 0 Å². The Kier molecular flexibility index (Phi) is 7.03. The molecule has 0 fully saturated rings. The molecule has 6 heteroatoms. The summed E-state index contributed by atoms with van der Waals surface area (Å²) >= 11 is 1.60. The van der Waals surface area contributed by atoms with Crippen LogP contribution in [0.1, 0.15) is 31.8 Å². The molecule has 0 heterocycles. The van der Waals surface area contributed by atoms with Crippen molar-refractivity contribution in [1.29, 1.82) is 0 Å². The highest BCUT2D eigenvalue weighted by molar-refractivity contribution is 7.98. The number of aryl methyl sites for hydroxylation is 1. The quantitative estimate of drug-likeness (QED) is 0.340. The molecule has 5 nitrogen and oxygen atoms in total. The average Bonchev–Trinajstić information content (AvgIpc) is 2.78. The molecule has 0 aliphatic heterocycles. The fraction of sp³-hybridized carbons (Fsp3) is 0.125. The number of benzene rings is 3. The van der Waals surface area contributed by atoms with Gasteiger partial charge in [-0.2, -0.15) is 0 Å². The maximum atomic E-state index is 12.8. The van der Waals surface area contributed by atoms with Gasteiger partial charge in [0.05, 0.1) is 5.56 Å². The van der Waals surface area contributed by atoms with Gasteiger partial charge in [-0.25, -0.2) is 4.79 Å². The number of nitrogens with one attached hydrogen (secondary N) is 1. The molecule has 0 aliphatic rings. The highest BCUT2D eigenvalue weighted by Crippen LogP contribution is 2.18. The highest BCUT2D eigenvalue weighted by Gasteiger charge is 2.20. The van der Waals surface area contributed by atoms with Gasteiger partial charge in [0.15, 0.2) is 12.4 Å². The number of carbonyl (C=O) groups excluding carboxylic acids is 3. The van der Waals surface area contributed by atoms with E-state index in [1.165, 1.54) is 6.07 Å². The second kappa shape index (κ2) is 9.89. The third kappa shape index (κ3) is 5.36. The van der Waals surface area contributed by atoms with Gasteiger partial charge in [-0.1, -0.05) is 48.0 Å². The van der Waals surface area contributed by atoms with Crippen molar-refractivity contribution in [1.82, 2.24) is 0 Å². The van der Waals surface area contributed by atoms with Crippen LogP contribution in [-0.2, 0) is 9.53 Å². The summed E-state index contributed by atoms with van der Waals surface area (Å²) in [5.74, 6) is -1.46. The minimum absolute atomic E-state index is 0.125. The Morgan fingerprint density at radius 1 is 0.867 bits per heavy atom. The summed E-state index contributed by atoms with van der Waals surface area (Å²) in [5, 5.41) is 2.68. The number of esters is 1. The lowest BCUT2D eigenvalue weighted by atomic mass is 9.98. The van der Waals surface area contributed by atoms with Crippen LogP contribution in [0.25, 0.3) is 0 Å². The Labute approximate surface area is 179 Å². The third-order valence-electron chi connectivity index (χ3n) is 4.41. The van der Waals surface area contributed by atoms with E-state index in [0.717, 1.165) is 10.5 Å². The summed E-state index contributed by atoms with van der Waals surface area (Å²) in [6, 6.07) is 20.9. The van der Waals surface area contributed by atoms with Gasteiger partial charge in [0.25, 0.3) is 5.91 Å². The summed E-state index contributed by atoms with van der Waals surface area (Å²) in [6.07, 6.45) is 1.97. The van der Waals surface area contributed by atoms with Crippen LogP contribution in [0.15, 0.2) is 77.7 Å². The number of anilines is 1. The van der Waals surface area contributed by atoms with E-state index in [0.29, 0.717) is 11.3 Å². The van der Waals surface area contributed by atoms with Crippen molar-refractivity contribution >= 4 is 35.1 Å². The van der Waals surface area contributed by atoms with Crippen LogP contribution in [0.2, 0.25) is 0 Å². The molecular weight excluding hydrogens is 398 g/mol. The Bertz CT molecular complexity index is 1060. The fourth-order valence-electron chi connectivity index (χ4n) is 2.80. The third-order valence-corrected chi connectivity index (χ3v) is 5.16. The van der Waals surface area contributed by atoms with Gasteiger partial charge in [-0.3, -0.25) is 9.59 Å². The van der Waals surface area contributed by atoms with Crippen molar-refractivity contribution in [2.45, 2.75) is 11.8 Å². The Balaban J connectivity index is 1.66. The highest BCUT2D eigenvalue weighted by atomic mass is 32.2. The molecule has 0 spiro atoms. The van der Waals surface area contributed by atoms with Gasteiger partial charge >= 0.3 is 5.97 Å². The molecular formula is C24H21NO4S. The summed E-state index contributed by atoms with van der Waals surface area (Å²) in [6.45, 7) is 1.48. The van der Waals surface area contributed by atoms with Gasteiger partial charge in [0.2, 0.25) is 0 Å². The largest absolute Gasteiger partial charge is 0.452 e. The number of amides is 1. The second-order valence-corrected chi connectivity index (χ2v) is 7.47. The predicted octanol–water partition coefficient (Wildman–Crippen LogP) is 4.74. The standard InChI is InChI=1S/C24H21NO4S/c1-16-7-9-17(10-8-16)23(27)20-5-3-4-6-21(20)24(28)29-15-22(26)25-18-11-13-19(30-2)14-12-18/h3-14H,15H2,1-2H3,(H,25,26). The molecule has 1 N–H and O–H groups in total. The van der Waals surface area contributed by atoms with E-state index in [-0.39, 0.29) is 16.9 Å². The first-order valence-corrected chi connectivity index (χ1v) is 10.5. The molecule has 0 radical (unpaired) electrons. The molecule has 0 saturated carbocycles. The van der Waals surface area contributed by atoms with Gasteiger partial charge in [-0.05, 0) is 43.5 Å². The molecule has 3 aromatic carbocycles. The van der Waals surface area contributed by atoms with E-state index in [1.807, 2.05) is 37.4 Å². The number of ether oxygens (including phenoxy) is 1. The Hall–Kier alpha value is -3.38. The Morgan fingerprint density at radius 2 is 1.50 bits per heavy atom. The van der Waals surface area contributed by atoms with Gasteiger partial charge in [0, 0.05) is 21.7 Å². The second-order valence-electron chi connectivity index (χ2n) is 6.59. The number of hydrogen-bond donors (Lipinski definition) is 1. The minimum atomic E-state index is -0.723. The number of thioether (sulfide) groups is 1. The topological polar surface area (TPSA) is 72.5 Å². The van der Waals surface area contributed by atoms with Crippen LogP contribution >= 0.6 is 11.8 Å². The van der Waals surface area contributed by atoms with E-state index in [1.54, 1.807) is 54.2 Å². The molecule has 0 bridgehead atoms. The maximum Gasteiger partial charge on any atom is 0.339 e. The van der Waals surface area contributed by atoms with E-state index in [4.69, 9.17) is 4.74 Å². The molecule has 0 unspecified atom stereocenters. The normalized spacial score (nSPS) is 10.3. The lowest BCUT2D eigenvalue weighted by molar-refractivity contribution is -0.119. The number of ketones is 1. The van der Waals surface area contributed by atoms with E-state index < -0.39 is 18.5 Å². The molecule has 152 valence electrons. The number of rotatable bonds is 7. The van der Waals surface area contributed by atoms with Crippen molar-refractivity contribution < 1.29 is 19.1 Å². The van der Waals surface area contributed by atoms with Crippen LogP contribution < -0.4 is 5.32 Å². The molecule has 3 aromatic rings. The van der Waals surface area contributed by atoms with Crippen LogP contribution in [0, 0.1) is 6.92 Å². The van der Waals surface area contributed by atoms with Crippen molar-refractivity contribution in [3.8, 4) is 0 Å². The first-order valence-electron chi connectivity index (χ1n) is 9.29. The predicted molar refractivity (Wildman–Crippen MR) is 118 cm³/mol. The molecule has 0 aromatic heterocycles. The SMILES string of the molecule is CSc1ccc(NC(=O)COC(=O)c2ccccc2C(=O)c2ccc(C)cc2)cc1. The van der Waals surface area contributed by atoms with Crippen LogP contribution in [-0.4, -0.2) is 30.5 Å². The number of hydrogen-bond acceptors (Lipinski definition) is 5. The number of carbonyl (C=O) groups is 3. The lowest BCUT2D eigenvalue weighted by Crippen LogP contribution is -2.22. The molecule has 30 heavy (non-hydrogen) atoms. The van der Waals surface area contributed by atoms with Crippen molar-refractivity contribution in [2.24, 2.45) is 0 Å². The fourth-order valence-corrected chi connectivity index (χ4v) is 3.21. The monoisotopic (exact) mass is 419 g/mol. The molecule has 0 atom stereocenters. The summed E-state index contributed by atoms with van der Waals surface area (Å²) in [5.41, 5.74) is 2.49. The first-order chi connectivity index (χ1) is 14.5. The van der Waals surface area contributed by atoms with Crippen molar-refractivity contribution in [3.05, 3.63) is 95.1 Å². The minimum Gasteiger partial charge on any atom is -0.452 e. The van der Waals surface area contributed by atoms with E-state index >= 15 is 0 Å². The first kappa shape index (κ1) is 21.3. The summed E-state index contributed by atoms with van der Waals surface area (Å²) in [4.78, 5) is 38.6. The summed E-state index contributed by atoms with van der Waals surface area (Å²) in [7, 11) is 0. The smallest absolute Gasteiger partial charge is 0.339 e. The lowest BCUT2D eigenvalue weighted by Gasteiger charge is -2.10. The Morgan fingerprint density at radius 3 is 2.13 bits per heavy atom. The zero-order chi connectivity index (χ0) is 21.5. The molecule has 1 amide bonds. The zero-order valence-corrected chi connectivity index (χ0v) is 17.5. The van der Waals surface area contributed by atoms with E-state index in [9.17, 15) is 14.4 Å². The van der Waals surface area contributed by atoms with Crippen LogP contribution in [0.4, 0.5) is 5.69 Å². The molecule has 0 aliphatic carbocycles. The zero-order valence-electron chi connectivity index (χ0n) is 16.7.